The largest absolute Gasteiger partial charge is 0.467 e. The Hall–Kier alpha value is -4.55. The third-order valence-corrected chi connectivity index (χ3v) is 6.76. The Balaban J connectivity index is 1.70. The van der Waals surface area contributed by atoms with Gasteiger partial charge in [-0.2, -0.15) is 5.26 Å². The summed E-state index contributed by atoms with van der Waals surface area (Å²) in [6.07, 6.45) is 3.22. The summed E-state index contributed by atoms with van der Waals surface area (Å²) in [6, 6.07) is 16.5. The monoisotopic (exact) mass is 499 g/mol. The fraction of sp³-hybridized carbons (Fsp3) is 0.148. The Labute approximate surface area is 209 Å². The Bertz CT molecular complexity index is 1690. The number of aromatic nitrogens is 1. The van der Waals surface area contributed by atoms with E-state index in [4.69, 9.17) is 13.9 Å². The molecule has 1 amide bonds. The fourth-order valence-corrected chi connectivity index (χ4v) is 5.04. The number of carbonyl (C=O) groups excluding carboxylic acids is 1. The zero-order valence-corrected chi connectivity index (χ0v) is 20.3. The molecule has 0 fully saturated rings. The van der Waals surface area contributed by atoms with Crippen molar-refractivity contribution in [1.82, 2.24) is 9.88 Å². The van der Waals surface area contributed by atoms with Crippen LogP contribution in [-0.2, 0) is 11.3 Å². The molecule has 0 atom stereocenters. The molecule has 0 radical (unpaired) electrons. The van der Waals surface area contributed by atoms with Crippen LogP contribution in [0.3, 0.4) is 0 Å². The first-order chi connectivity index (χ1) is 17.4. The van der Waals surface area contributed by atoms with Crippen molar-refractivity contribution in [3.63, 3.8) is 0 Å². The predicted octanol–water partition coefficient (Wildman–Crippen LogP) is 2.66. The van der Waals surface area contributed by atoms with Crippen molar-refractivity contribution < 1.29 is 18.7 Å². The number of nitriles is 1. The first kappa shape index (κ1) is 23.2. The summed E-state index contributed by atoms with van der Waals surface area (Å²) in [5, 5.41) is 12.7. The molecule has 9 heteroatoms. The summed E-state index contributed by atoms with van der Waals surface area (Å²) < 4.78 is 18.1. The van der Waals surface area contributed by atoms with Gasteiger partial charge in [0, 0.05) is 0 Å². The van der Waals surface area contributed by atoms with Gasteiger partial charge >= 0.3 is 0 Å². The van der Waals surface area contributed by atoms with Gasteiger partial charge in [-0.25, -0.2) is 0 Å². The van der Waals surface area contributed by atoms with Gasteiger partial charge in [-0.05, 0) is 61.4 Å². The van der Waals surface area contributed by atoms with E-state index in [-0.39, 0.29) is 29.1 Å². The summed E-state index contributed by atoms with van der Waals surface area (Å²) >= 11 is 1.09. The van der Waals surface area contributed by atoms with E-state index in [1.807, 2.05) is 44.2 Å². The smallest absolute Gasteiger partial charge is 0.273 e. The number of carbonyl (C=O) groups is 1. The Morgan fingerprint density at radius 3 is 2.75 bits per heavy atom. The van der Waals surface area contributed by atoms with E-state index in [1.165, 1.54) is 10.8 Å². The highest BCUT2D eigenvalue weighted by Crippen LogP contribution is 2.32. The van der Waals surface area contributed by atoms with Crippen LogP contribution >= 0.6 is 11.3 Å². The lowest BCUT2D eigenvalue weighted by molar-refractivity contribution is -0.115. The average molecular weight is 500 g/mol. The van der Waals surface area contributed by atoms with Crippen molar-refractivity contribution in [2.75, 3.05) is 6.79 Å². The van der Waals surface area contributed by atoms with E-state index in [1.54, 1.807) is 30.3 Å². The molecule has 0 bridgehead atoms. The number of nitrogens with one attached hydrogen (secondary N) is 1. The molecule has 8 nitrogen and oxygen atoms in total. The van der Waals surface area contributed by atoms with Crippen LogP contribution in [0.25, 0.3) is 17.3 Å². The van der Waals surface area contributed by atoms with E-state index < -0.39 is 5.91 Å². The number of aryl methyl sites for hydroxylation is 2. The van der Waals surface area contributed by atoms with E-state index in [9.17, 15) is 14.9 Å². The predicted molar refractivity (Wildman–Crippen MR) is 134 cm³/mol. The lowest BCUT2D eigenvalue weighted by Gasteiger charge is -2.08. The quantitative estimate of drug-likeness (QED) is 0.453. The normalized spacial score (nSPS) is 13.4. The third-order valence-electron chi connectivity index (χ3n) is 5.67. The maximum atomic E-state index is 13.7. The van der Waals surface area contributed by atoms with Crippen molar-refractivity contribution in [3.8, 4) is 23.3 Å². The molecule has 180 valence electrons. The molecule has 0 aliphatic carbocycles. The molecule has 1 N–H and O–H groups in total. The first-order valence-electron chi connectivity index (χ1n) is 11.1. The molecule has 2 aromatic carbocycles. The highest BCUT2D eigenvalue weighted by Gasteiger charge is 2.19. The highest BCUT2D eigenvalue weighted by atomic mass is 32.1. The lowest BCUT2D eigenvalue weighted by atomic mass is 10.1. The second kappa shape index (κ2) is 9.60. The second-order valence-electron chi connectivity index (χ2n) is 8.21. The Kier molecular flexibility index (Phi) is 6.19. The molecule has 3 heterocycles. The number of thiazole rings is 1. The number of nitrogens with zero attached hydrogens (tertiary/aromatic N) is 2. The van der Waals surface area contributed by atoms with Crippen LogP contribution < -0.4 is 29.5 Å². The molecular weight excluding hydrogens is 478 g/mol. The highest BCUT2D eigenvalue weighted by molar-refractivity contribution is 7.07. The topological polar surface area (TPSA) is 106 Å². The lowest BCUT2D eigenvalue weighted by Crippen LogP contribution is -2.34. The Morgan fingerprint density at radius 2 is 2.00 bits per heavy atom. The molecule has 1 aliphatic rings. The molecule has 0 saturated heterocycles. The molecule has 36 heavy (non-hydrogen) atoms. The molecule has 4 aromatic rings. The van der Waals surface area contributed by atoms with Crippen molar-refractivity contribution in [1.29, 1.82) is 5.26 Å². The van der Waals surface area contributed by atoms with Gasteiger partial charge in [-0.3, -0.25) is 14.2 Å². The molecule has 1 aliphatic heterocycles. The number of hydrogen-bond acceptors (Lipinski definition) is 7. The minimum atomic E-state index is -0.594. The van der Waals surface area contributed by atoms with Crippen LogP contribution in [0.5, 0.6) is 11.5 Å². The van der Waals surface area contributed by atoms with Crippen molar-refractivity contribution >= 4 is 28.9 Å². The number of furan rings is 1. The van der Waals surface area contributed by atoms with E-state index in [0.29, 0.717) is 27.5 Å². The van der Waals surface area contributed by atoms with E-state index >= 15 is 0 Å². The minimum Gasteiger partial charge on any atom is -0.467 e. The number of benzene rings is 2. The molecule has 2 aromatic heterocycles. The number of ether oxygens (including phenoxy) is 2. The van der Waals surface area contributed by atoms with Gasteiger partial charge in [-0.1, -0.05) is 23.8 Å². The maximum Gasteiger partial charge on any atom is 0.273 e. The van der Waals surface area contributed by atoms with Gasteiger partial charge in [-0.15, -0.1) is 11.3 Å². The summed E-state index contributed by atoms with van der Waals surface area (Å²) in [6.45, 7) is 4.11. The third kappa shape index (κ3) is 4.42. The van der Waals surface area contributed by atoms with Crippen LogP contribution in [0.1, 0.15) is 22.5 Å². The zero-order chi connectivity index (χ0) is 25.2. The minimum absolute atomic E-state index is 0.117. The molecule has 0 saturated carbocycles. The van der Waals surface area contributed by atoms with Crippen LogP contribution in [-0.4, -0.2) is 17.3 Å². The summed E-state index contributed by atoms with van der Waals surface area (Å²) in [5.74, 6) is 1.19. The maximum absolute atomic E-state index is 13.7. The van der Waals surface area contributed by atoms with Crippen LogP contribution in [0.15, 0.2) is 64.0 Å². The standard InChI is InChI=1S/C27H21N3O5S/c1-16-5-7-21(17(2)10-16)30-26(32)24(12-18-6-8-22-23(11-18)35-15-34-22)36-27(30)20(13-28)25(31)29-14-19-4-3-9-33-19/h3-12H,14-15H2,1-2H3,(H,29,31)/b24-12+,27-20-. The van der Waals surface area contributed by atoms with Gasteiger partial charge in [0.05, 0.1) is 23.0 Å². The van der Waals surface area contributed by atoms with Gasteiger partial charge in [0.1, 0.15) is 16.5 Å². The van der Waals surface area contributed by atoms with Gasteiger partial charge < -0.3 is 19.2 Å². The van der Waals surface area contributed by atoms with Crippen LogP contribution in [0.2, 0.25) is 0 Å². The number of hydrogen-bond donors (Lipinski definition) is 1. The van der Waals surface area contributed by atoms with Crippen molar-refractivity contribution in [2.24, 2.45) is 0 Å². The summed E-state index contributed by atoms with van der Waals surface area (Å²) in [4.78, 5) is 26.7. The van der Waals surface area contributed by atoms with Gasteiger partial charge in [0.2, 0.25) is 6.79 Å². The number of fused-ring (bicyclic) bond motifs is 1. The first-order valence-corrected chi connectivity index (χ1v) is 11.9. The van der Waals surface area contributed by atoms with E-state index in [2.05, 4.69) is 5.32 Å². The van der Waals surface area contributed by atoms with Gasteiger partial charge in [0.15, 0.2) is 17.1 Å². The van der Waals surface area contributed by atoms with Crippen molar-refractivity contribution in [2.45, 2.75) is 20.4 Å². The summed E-state index contributed by atoms with van der Waals surface area (Å²) in [5.41, 5.74) is 2.74. The fourth-order valence-electron chi connectivity index (χ4n) is 3.94. The summed E-state index contributed by atoms with van der Waals surface area (Å²) in [7, 11) is 0. The molecule has 5 rings (SSSR count). The van der Waals surface area contributed by atoms with Gasteiger partial charge in [0.25, 0.3) is 11.5 Å². The average Bonchev–Trinajstić information content (AvgIpc) is 3.60. The van der Waals surface area contributed by atoms with Crippen LogP contribution in [0.4, 0.5) is 0 Å². The van der Waals surface area contributed by atoms with Crippen molar-refractivity contribution in [3.05, 3.63) is 96.8 Å². The molecular formula is C27H21N3O5S. The Morgan fingerprint density at radius 1 is 1.17 bits per heavy atom. The molecule has 0 unspecified atom stereocenters. The number of rotatable bonds is 5. The second-order valence-corrected chi connectivity index (χ2v) is 9.24. The number of amides is 1. The molecule has 0 spiro atoms. The van der Waals surface area contributed by atoms with E-state index in [0.717, 1.165) is 28.0 Å². The zero-order valence-electron chi connectivity index (χ0n) is 19.5. The SMILES string of the molecule is Cc1ccc(-n2c(=O)/c(=C\c3ccc4c(c3)OCO4)s/c2=C(/C#N)C(=O)NCc2ccco2)c(C)c1. The van der Waals surface area contributed by atoms with Crippen LogP contribution in [0, 0.1) is 25.2 Å².